The van der Waals surface area contributed by atoms with E-state index in [0.717, 1.165) is 11.7 Å². The van der Waals surface area contributed by atoms with E-state index in [0.29, 0.717) is 18.4 Å². The topological polar surface area (TPSA) is 62.7 Å². The van der Waals surface area contributed by atoms with E-state index in [9.17, 15) is 4.79 Å². The van der Waals surface area contributed by atoms with Crippen LogP contribution in [0.4, 0.5) is 0 Å². The second-order valence-corrected chi connectivity index (χ2v) is 6.00. The Morgan fingerprint density at radius 3 is 2.95 bits per heavy atom. The van der Waals surface area contributed by atoms with E-state index in [1.54, 1.807) is 18.9 Å². The molecule has 0 aliphatic carbocycles. The van der Waals surface area contributed by atoms with Gasteiger partial charge in [0.1, 0.15) is 6.04 Å². The van der Waals surface area contributed by atoms with E-state index in [1.807, 2.05) is 25.1 Å². The number of benzene rings is 1. The molecule has 0 saturated heterocycles. The number of nitrogens with one attached hydrogen (secondary N) is 2. The average Bonchev–Trinajstić information content (AvgIpc) is 2.97. The highest BCUT2D eigenvalue weighted by Gasteiger charge is 2.23. The number of amidine groups is 1. The van der Waals surface area contributed by atoms with Crippen LogP contribution in [0.2, 0.25) is 0 Å². The molecule has 0 spiro atoms. The van der Waals surface area contributed by atoms with Crippen molar-refractivity contribution in [1.29, 1.82) is 0 Å². The number of nitrogens with zero attached hydrogens (tertiary/aromatic N) is 1. The molecule has 1 aliphatic rings. The van der Waals surface area contributed by atoms with Crippen molar-refractivity contribution >= 4 is 22.8 Å². The van der Waals surface area contributed by atoms with E-state index < -0.39 is 0 Å². The molecule has 6 heteroatoms. The normalized spacial score (nSPS) is 19.0. The summed E-state index contributed by atoms with van der Waals surface area (Å²) in [5.41, 5.74) is 1.26. The molecule has 1 aliphatic heterocycles. The molecule has 2 unspecified atom stereocenters. The first-order chi connectivity index (χ1) is 10.2. The first kappa shape index (κ1) is 15.9. The standard InChI is InChI=1S/C15H21N3O2S/c1-11(14(19)16-8-9-20-2)18-15-17-10-13(21-15)12-6-4-3-5-7-12/h3-7,11,13H,8-10H2,1-2H3,(H,16,19)(H,17,18). The third-order valence-corrected chi connectivity index (χ3v) is 4.34. The highest BCUT2D eigenvalue weighted by molar-refractivity contribution is 8.14. The molecule has 0 bridgehead atoms. The van der Waals surface area contributed by atoms with Crippen molar-refractivity contribution in [2.24, 2.45) is 4.99 Å². The van der Waals surface area contributed by atoms with Gasteiger partial charge in [-0.2, -0.15) is 0 Å². The molecule has 1 heterocycles. The molecule has 21 heavy (non-hydrogen) atoms. The van der Waals surface area contributed by atoms with Gasteiger partial charge in [0.15, 0.2) is 5.17 Å². The summed E-state index contributed by atoms with van der Waals surface area (Å²) >= 11 is 1.67. The van der Waals surface area contributed by atoms with Crippen molar-refractivity contribution in [2.75, 3.05) is 26.8 Å². The minimum Gasteiger partial charge on any atom is -0.383 e. The summed E-state index contributed by atoms with van der Waals surface area (Å²) in [6.45, 7) is 3.62. The lowest BCUT2D eigenvalue weighted by atomic mass is 10.1. The fourth-order valence-electron chi connectivity index (χ4n) is 1.98. The summed E-state index contributed by atoms with van der Waals surface area (Å²) in [6, 6.07) is 9.99. The molecule has 5 nitrogen and oxygen atoms in total. The zero-order chi connectivity index (χ0) is 15.1. The van der Waals surface area contributed by atoms with Gasteiger partial charge in [-0.05, 0) is 12.5 Å². The molecule has 2 atom stereocenters. The van der Waals surface area contributed by atoms with Crippen LogP contribution in [0.3, 0.4) is 0 Å². The molecular weight excluding hydrogens is 286 g/mol. The van der Waals surface area contributed by atoms with Crippen LogP contribution < -0.4 is 10.6 Å². The van der Waals surface area contributed by atoms with Crippen LogP contribution in [-0.4, -0.2) is 43.9 Å². The molecule has 114 valence electrons. The lowest BCUT2D eigenvalue weighted by Gasteiger charge is -2.15. The van der Waals surface area contributed by atoms with Gasteiger partial charge in [0, 0.05) is 13.7 Å². The summed E-state index contributed by atoms with van der Waals surface area (Å²) in [6.07, 6.45) is 0. The van der Waals surface area contributed by atoms with E-state index in [1.165, 1.54) is 5.56 Å². The Balaban J connectivity index is 1.78. The number of methoxy groups -OCH3 is 1. The summed E-state index contributed by atoms with van der Waals surface area (Å²) in [5, 5.41) is 7.14. The van der Waals surface area contributed by atoms with Crippen LogP contribution >= 0.6 is 11.8 Å². The van der Waals surface area contributed by atoms with Crippen molar-refractivity contribution in [1.82, 2.24) is 10.6 Å². The average molecular weight is 307 g/mol. The van der Waals surface area contributed by atoms with Crippen LogP contribution in [0.1, 0.15) is 17.7 Å². The van der Waals surface area contributed by atoms with Gasteiger partial charge in [-0.1, -0.05) is 42.1 Å². The molecule has 2 rings (SSSR count). The summed E-state index contributed by atoms with van der Waals surface area (Å²) in [5.74, 6) is -0.0430. The quantitative estimate of drug-likeness (QED) is 0.783. The molecule has 1 aromatic carbocycles. The maximum absolute atomic E-state index is 11.9. The van der Waals surface area contributed by atoms with Crippen LogP contribution in [-0.2, 0) is 9.53 Å². The Morgan fingerprint density at radius 2 is 2.24 bits per heavy atom. The Labute approximate surface area is 129 Å². The number of hydrogen-bond donors (Lipinski definition) is 2. The highest BCUT2D eigenvalue weighted by atomic mass is 32.2. The van der Waals surface area contributed by atoms with Gasteiger partial charge in [-0.15, -0.1) is 0 Å². The van der Waals surface area contributed by atoms with Gasteiger partial charge in [0.05, 0.1) is 18.4 Å². The first-order valence-electron chi connectivity index (χ1n) is 7.00. The lowest BCUT2D eigenvalue weighted by molar-refractivity contribution is -0.122. The molecule has 0 radical (unpaired) electrons. The number of hydrogen-bond acceptors (Lipinski definition) is 5. The number of ether oxygens (including phenoxy) is 1. The number of aliphatic imine (C=N–C) groups is 1. The molecule has 1 amide bonds. The van der Waals surface area contributed by atoms with Gasteiger partial charge < -0.3 is 15.4 Å². The maximum Gasteiger partial charge on any atom is 0.242 e. The molecule has 0 aromatic heterocycles. The summed E-state index contributed by atoms with van der Waals surface area (Å²) < 4.78 is 4.91. The van der Waals surface area contributed by atoms with E-state index in [-0.39, 0.29) is 11.9 Å². The first-order valence-corrected chi connectivity index (χ1v) is 7.88. The van der Waals surface area contributed by atoms with Gasteiger partial charge in [-0.3, -0.25) is 9.79 Å². The fourth-order valence-corrected chi connectivity index (χ4v) is 3.08. The number of amides is 1. The molecular formula is C15H21N3O2S. The minimum atomic E-state index is -0.303. The second kappa shape index (κ2) is 8.05. The van der Waals surface area contributed by atoms with Gasteiger partial charge in [-0.25, -0.2) is 0 Å². The number of carbonyl (C=O) groups excluding carboxylic acids is 1. The second-order valence-electron chi connectivity index (χ2n) is 4.81. The van der Waals surface area contributed by atoms with E-state index in [4.69, 9.17) is 4.74 Å². The zero-order valence-electron chi connectivity index (χ0n) is 12.3. The SMILES string of the molecule is COCCNC(=O)C(C)NC1=NCC(c2ccccc2)S1. The smallest absolute Gasteiger partial charge is 0.242 e. The van der Waals surface area contributed by atoms with Crippen LogP contribution in [0.15, 0.2) is 35.3 Å². The number of rotatable bonds is 6. The lowest BCUT2D eigenvalue weighted by Crippen LogP contribution is -2.44. The van der Waals surface area contributed by atoms with Crippen molar-refractivity contribution in [3.63, 3.8) is 0 Å². The summed E-state index contributed by atoms with van der Waals surface area (Å²) in [4.78, 5) is 16.3. The highest BCUT2D eigenvalue weighted by Crippen LogP contribution is 2.34. The fraction of sp³-hybridized carbons (Fsp3) is 0.467. The van der Waals surface area contributed by atoms with Crippen molar-refractivity contribution < 1.29 is 9.53 Å². The third kappa shape index (κ3) is 4.75. The predicted octanol–water partition coefficient (Wildman–Crippen LogP) is 1.57. The predicted molar refractivity (Wildman–Crippen MR) is 86.6 cm³/mol. The Hall–Kier alpha value is -1.53. The van der Waals surface area contributed by atoms with Gasteiger partial charge in [0.25, 0.3) is 0 Å². The maximum atomic E-state index is 11.9. The largest absolute Gasteiger partial charge is 0.383 e. The Kier molecular flexibility index (Phi) is 6.07. The van der Waals surface area contributed by atoms with Crippen molar-refractivity contribution in [3.05, 3.63) is 35.9 Å². The Bertz CT molecular complexity index is 493. The number of thioether (sulfide) groups is 1. The Morgan fingerprint density at radius 1 is 1.48 bits per heavy atom. The zero-order valence-corrected chi connectivity index (χ0v) is 13.2. The monoisotopic (exact) mass is 307 g/mol. The molecule has 0 saturated carbocycles. The van der Waals surface area contributed by atoms with Crippen LogP contribution in [0.25, 0.3) is 0 Å². The van der Waals surface area contributed by atoms with E-state index in [2.05, 4.69) is 27.8 Å². The minimum absolute atomic E-state index is 0.0430. The molecule has 1 aromatic rings. The summed E-state index contributed by atoms with van der Waals surface area (Å²) in [7, 11) is 1.61. The third-order valence-electron chi connectivity index (χ3n) is 3.16. The van der Waals surface area contributed by atoms with Crippen LogP contribution in [0, 0.1) is 0 Å². The van der Waals surface area contributed by atoms with E-state index >= 15 is 0 Å². The van der Waals surface area contributed by atoms with Crippen molar-refractivity contribution in [2.45, 2.75) is 18.2 Å². The molecule has 2 N–H and O–H groups in total. The molecule has 0 fully saturated rings. The van der Waals surface area contributed by atoms with Gasteiger partial charge >= 0.3 is 0 Å². The van der Waals surface area contributed by atoms with Crippen molar-refractivity contribution in [3.8, 4) is 0 Å². The van der Waals surface area contributed by atoms with Crippen LogP contribution in [0.5, 0.6) is 0 Å². The van der Waals surface area contributed by atoms with Gasteiger partial charge in [0.2, 0.25) is 5.91 Å². The number of carbonyl (C=O) groups is 1.